The number of ether oxygens (including phenoxy) is 2. The van der Waals surface area contributed by atoms with E-state index in [4.69, 9.17) is 15.2 Å². The Morgan fingerprint density at radius 1 is 0.934 bits per heavy atom. The van der Waals surface area contributed by atoms with Crippen molar-refractivity contribution >= 4 is 46.3 Å². The van der Waals surface area contributed by atoms with Gasteiger partial charge in [-0.25, -0.2) is 9.48 Å². The maximum absolute atomic E-state index is 14.9. The third kappa shape index (κ3) is 11.8. The Labute approximate surface area is 353 Å². The predicted octanol–water partition coefficient (Wildman–Crippen LogP) is 3.05. The molecule has 6 N–H and O–H groups in total. The van der Waals surface area contributed by atoms with E-state index in [2.05, 4.69) is 26.3 Å². The van der Waals surface area contributed by atoms with Crippen LogP contribution in [0, 0.1) is 5.92 Å². The molecule has 0 spiro atoms. The van der Waals surface area contributed by atoms with Crippen molar-refractivity contribution < 1.29 is 43.3 Å². The number of rotatable bonds is 18. The summed E-state index contributed by atoms with van der Waals surface area (Å²) in [6.07, 6.45) is 3.15. The molecule has 0 bridgehead atoms. The highest BCUT2D eigenvalue weighted by atomic mass is 16.5. The number of primary amides is 1. The molecule has 2 saturated heterocycles. The van der Waals surface area contributed by atoms with Crippen LogP contribution in [0.25, 0.3) is 10.8 Å². The fourth-order valence-corrected chi connectivity index (χ4v) is 7.89. The molecule has 1 aromatic heterocycles. The fraction of sp³-hybridized carbons (Fsp3) is 0.455. The number of nitrogens with one attached hydrogen (secondary N) is 3. The first-order valence-corrected chi connectivity index (χ1v) is 20.7. The first-order chi connectivity index (χ1) is 29.3. The van der Waals surface area contributed by atoms with Crippen molar-refractivity contribution in [1.82, 2.24) is 35.8 Å². The van der Waals surface area contributed by atoms with E-state index in [0.717, 1.165) is 16.3 Å². The van der Waals surface area contributed by atoms with Crippen LogP contribution < -0.4 is 21.7 Å². The Bertz CT molecular complexity index is 2180. The highest BCUT2D eigenvalue weighted by molar-refractivity contribution is 6.37. The second kappa shape index (κ2) is 20.4. The van der Waals surface area contributed by atoms with E-state index in [-0.39, 0.29) is 44.9 Å². The van der Waals surface area contributed by atoms with Crippen LogP contribution in [0.15, 0.2) is 79.0 Å². The molecule has 3 aromatic carbocycles. The molecule has 2 aliphatic heterocycles. The maximum Gasteiger partial charge on any atom is 0.407 e. The molecule has 324 valence electrons. The number of aromatic nitrogens is 3. The Kier molecular flexibility index (Phi) is 14.8. The average Bonchev–Trinajstić information content (AvgIpc) is 3.94. The fourth-order valence-electron chi connectivity index (χ4n) is 7.89. The van der Waals surface area contributed by atoms with Crippen LogP contribution in [0.3, 0.4) is 0 Å². The van der Waals surface area contributed by atoms with Gasteiger partial charge in [0.2, 0.25) is 17.6 Å². The molecular weight excluding hydrogens is 785 g/mol. The molecule has 4 atom stereocenters. The summed E-state index contributed by atoms with van der Waals surface area (Å²) in [7, 11) is 0. The van der Waals surface area contributed by atoms with E-state index in [0.29, 0.717) is 50.2 Å². The minimum atomic E-state index is -1.37. The summed E-state index contributed by atoms with van der Waals surface area (Å²) in [5, 5.41) is 29.3. The topological polar surface area (TPSA) is 237 Å². The Balaban J connectivity index is 1.19. The molecule has 2 fully saturated rings. The van der Waals surface area contributed by atoms with Gasteiger partial charge in [-0.15, -0.1) is 5.10 Å². The van der Waals surface area contributed by atoms with E-state index in [1.54, 1.807) is 26.0 Å². The van der Waals surface area contributed by atoms with Crippen molar-refractivity contribution in [2.75, 3.05) is 26.3 Å². The number of nitrogens with two attached hydrogens (primary N) is 1. The zero-order valence-corrected chi connectivity index (χ0v) is 34.5. The van der Waals surface area contributed by atoms with Gasteiger partial charge in [0.15, 0.2) is 0 Å². The van der Waals surface area contributed by atoms with Crippen molar-refractivity contribution in [3.63, 3.8) is 0 Å². The molecule has 17 heteroatoms. The number of hydrogen-bond acceptors (Lipinski definition) is 11. The summed E-state index contributed by atoms with van der Waals surface area (Å²) < 4.78 is 12.3. The number of likely N-dealkylation sites (tertiary alicyclic amines) is 1. The number of hydrogen-bond donors (Lipinski definition) is 5. The van der Waals surface area contributed by atoms with Gasteiger partial charge >= 0.3 is 6.09 Å². The van der Waals surface area contributed by atoms with Gasteiger partial charge in [0.25, 0.3) is 11.8 Å². The van der Waals surface area contributed by atoms with Crippen LogP contribution in [0.4, 0.5) is 4.79 Å². The average molecular weight is 839 g/mol. The molecule has 61 heavy (non-hydrogen) atoms. The number of benzene rings is 3. The van der Waals surface area contributed by atoms with Crippen molar-refractivity contribution in [2.45, 2.75) is 95.2 Å². The largest absolute Gasteiger partial charge is 0.445 e. The van der Waals surface area contributed by atoms with Crippen LogP contribution in [0.5, 0.6) is 0 Å². The Morgan fingerprint density at radius 2 is 1.66 bits per heavy atom. The Hall–Kier alpha value is -6.20. The molecule has 6 rings (SSSR count). The van der Waals surface area contributed by atoms with Crippen LogP contribution in [0.2, 0.25) is 0 Å². The number of amides is 5. The summed E-state index contributed by atoms with van der Waals surface area (Å²) in [6, 6.07) is 17.9. The predicted molar refractivity (Wildman–Crippen MR) is 222 cm³/mol. The van der Waals surface area contributed by atoms with Gasteiger partial charge < -0.3 is 41.2 Å². The summed E-state index contributed by atoms with van der Waals surface area (Å²) >= 11 is 0. The number of carbonyl (C=O) groups excluding carboxylic acids is 6. The van der Waals surface area contributed by atoms with Crippen molar-refractivity contribution in [1.29, 1.82) is 0 Å². The monoisotopic (exact) mass is 838 g/mol. The van der Waals surface area contributed by atoms with Gasteiger partial charge in [0.05, 0.1) is 24.0 Å². The first kappa shape index (κ1) is 44.4. The van der Waals surface area contributed by atoms with E-state index in [1.807, 2.05) is 60.7 Å². The normalized spacial score (nSPS) is 17.9. The SMILES string of the molecule is CC(C)(O)c1cnnn1[C@H]1C[C@@H](C(=O)NC(CCCCNC(=O)OCc2ccccc2)C(=O)C(N)=O)N(C(=O)C(CC2CCOCC2)NC(=O)c2ccc3ccccc3c2)C1. The number of Topliss-reactive ketones (excluding diaryl/α,β-unsaturated/α-hetero) is 1. The number of unbranched alkanes of at least 4 members (excludes halogenated alkanes) is 1. The summed E-state index contributed by atoms with van der Waals surface area (Å²) in [6.45, 7) is 4.41. The van der Waals surface area contributed by atoms with Crippen molar-refractivity contribution in [3.8, 4) is 0 Å². The zero-order chi connectivity index (χ0) is 43.5. The molecule has 0 radical (unpaired) electrons. The van der Waals surface area contributed by atoms with Crippen LogP contribution in [-0.4, -0.2) is 105 Å². The molecule has 4 aromatic rings. The van der Waals surface area contributed by atoms with Gasteiger partial charge in [-0.05, 0) is 86.8 Å². The van der Waals surface area contributed by atoms with Crippen LogP contribution in [-0.2, 0) is 40.9 Å². The lowest BCUT2D eigenvalue weighted by Gasteiger charge is -2.32. The molecule has 0 saturated carbocycles. The number of carbonyl (C=O) groups is 6. The van der Waals surface area contributed by atoms with E-state index in [1.165, 1.54) is 15.8 Å². The van der Waals surface area contributed by atoms with Gasteiger partial charge in [-0.2, -0.15) is 0 Å². The summed E-state index contributed by atoms with van der Waals surface area (Å²) in [4.78, 5) is 82.0. The molecule has 0 aliphatic carbocycles. The molecule has 17 nitrogen and oxygen atoms in total. The lowest BCUT2D eigenvalue weighted by Crippen LogP contribution is -2.56. The summed E-state index contributed by atoms with van der Waals surface area (Å²) in [5.74, 6) is -3.91. The van der Waals surface area contributed by atoms with Gasteiger partial charge in [-0.3, -0.25) is 24.0 Å². The molecule has 2 aliphatic rings. The van der Waals surface area contributed by atoms with E-state index >= 15 is 0 Å². The second-order valence-electron chi connectivity index (χ2n) is 16.2. The summed E-state index contributed by atoms with van der Waals surface area (Å²) in [5.41, 5.74) is 5.60. The van der Waals surface area contributed by atoms with Gasteiger partial charge in [0, 0.05) is 38.3 Å². The first-order valence-electron chi connectivity index (χ1n) is 20.7. The second-order valence-corrected chi connectivity index (χ2v) is 16.2. The number of ketones is 1. The van der Waals surface area contributed by atoms with E-state index < -0.39 is 65.3 Å². The quantitative estimate of drug-likeness (QED) is 0.0721. The van der Waals surface area contributed by atoms with Crippen LogP contribution >= 0.6 is 0 Å². The third-order valence-corrected chi connectivity index (χ3v) is 11.2. The highest BCUT2D eigenvalue weighted by Crippen LogP contribution is 2.33. The van der Waals surface area contributed by atoms with Gasteiger partial charge in [-0.1, -0.05) is 65.9 Å². The van der Waals surface area contributed by atoms with Crippen LogP contribution in [0.1, 0.15) is 86.5 Å². The number of fused-ring (bicyclic) bond motifs is 1. The zero-order valence-electron chi connectivity index (χ0n) is 34.5. The molecular formula is C44H54N8O9. The molecule has 5 amide bonds. The lowest BCUT2D eigenvalue weighted by molar-refractivity contribution is -0.142. The highest BCUT2D eigenvalue weighted by Gasteiger charge is 2.45. The number of nitrogens with zero attached hydrogens (tertiary/aromatic N) is 4. The third-order valence-electron chi connectivity index (χ3n) is 11.2. The number of alkyl carbamates (subject to hydrolysis) is 1. The van der Waals surface area contributed by atoms with E-state index in [9.17, 15) is 33.9 Å². The Morgan fingerprint density at radius 3 is 2.38 bits per heavy atom. The van der Waals surface area contributed by atoms with Gasteiger partial charge in [0.1, 0.15) is 24.3 Å². The van der Waals surface area contributed by atoms with Crippen molar-refractivity contribution in [3.05, 3.63) is 95.8 Å². The molecule has 3 heterocycles. The minimum absolute atomic E-state index is 0.0124. The standard InChI is InChI=1S/C44H54N8O9/c1-44(2,59)37-25-47-50-52(37)33-24-36(41(56)48-34(38(53)39(45)54)14-8-9-19-46-43(58)61-27-29-10-4-3-5-11-29)51(26-33)42(57)35(22-28-17-20-60-21-18-28)49-40(55)32-16-15-30-12-6-7-13-31(30)23-32/h3-7,10-13,15-16,23,25,28,33-36,59H,8-9,14,17-22,24,26-27H2,1-2H3,(H2,45,54)(H,46,58)(H,48,56)(H,49,55)/t33-,34?,35?,36-/m0/s1. The maximum atomic E-state index is 14.9. The molecule has 2 unspecified atom stereocenters. The van der Waals surface area contributed by atoms with Crippen molar-refractivity contribution in [2.24, 2.45) is 11.7 Å². The smallest absolute Gasteiger partial charge is 0.407 e. The minimum Gasteiger partial charge on any atom is -0.445 e. The lowest BCUT2D eigenvalue weighted by atomic mass is 9.91. The number of aliphatic hydroxyl groups is 1.